The first kappa shape index (κ1) is 20.8. The zero-order chi connectivity index (χ0) is 21.8. The van der Waals surface area contributed by atoms with Crippen LogP contribution in [-0.4, -0.2) is 47.8 Å². The van der Waals surface area contributed by atoms with Gasteiger partial charge in [0.15, 0.2) is 0 Å². The van der Waals surface area contributed by atoms with Crippen LogP contribution in [0.5, 0.6) is 0 Å². The predicted octanol–water partition coefficient (Wildman–Crippen LogP) is 4.07. The molecule has 2 aliphatic rings. The van der Waals surface area contributed by atoms with Crippen molar-refractivity contribution in [2.75, 3.05) is 36.4 Å². The lowest BCUT2D eigenvalue weighted by Crippen LogP contribution is -2.34. The number of benzene rings is 2. The average Bonchev–Trinajstić information content (AvgIpc) is 3.34. The number of nitrogens with zero attached hydrogens (tertiary/aromatic N) is 3. The molecule has 8 nitrogen and oxygen atoms in total. The first-order valence-electron chi connectivity index (χ1n) is 10.8. The van der Waals surface area contributed by atoms with E-state index in [1.807, 2.05) is 17.0 Å². The van der Waals surface area contributed by atoms with Gasteiger partial charge in [-0.2, -0.15) is 0 Å². The quantitative estimate of drug-likeness (QED) is 0.579. The number of anilines is 2. The molecular weight excluding hydrogens is 396 g/mol. The van der Waals surface area contributed by atoms with Crippen molar-refractivity contribution in [3.63, 3.8) is 0 Å². The van der Waals surface area contributed by atoms with Crippen molar-refractivity contribution in [1.82, 2.24) is 4.90 Å². The van der Waals surface area contributed by atoms with Crippen LogP contribution in [-0.2, 0) is 0 Å². The molecule has 8 heteroatoms. The van der Waals surface area contributed by atoms with Crippen molar-refractivity contribution < 1.29 is 14.5 Å². The Morgan fingerprint density at radius 3 is 2.16 bits per heavy atom. The molecule has 4 rings (SSSR count). The highest BCUT2D eigenvalue weighted by Crippen LogP contribution is 2.29. The lowest BCUT2D eigenvalue weighted by Gasteiger charge is -2.31. The molecular formula is C23H26N4O4. The minimum absolute atomic E-state index is 0.00417. The summed E-state index contributed by atoms with van der Waals surface area (Å²) in [5.41, 5.74) is 2.32. The molecule has 0 aliphatic carbocycles. The highest BCUT2D eigenvalue weighted by atomic mass is 16.6. The molecule has 0 radical (unpaired) electrons. The van der Waals surface area contributed by atoms with Gasteiger partial charge in [-0.1, -0.05) is 0 Å². The largest absolute Gasteiger partial charge is 0.371 e. The van der Waals surface area contributed by atoms with E-state index in [0.29, 0.717) is 16.8 Å². The molecule has 2 aliphatic heterocycles. The van der Waals surface area contributed by atoms with Gasteiger partial charge in [-0.3, -0.25) is 19.7 Å². The Balaban J connectivity index is 1.58. The smallest absolute Gasteiger partial charge is 0.269 e. The van der Waals surface area contributed by atoms with Crippen LogP contribution in [0, 0.1) is 10.1 Å². The maximum atomic E-state index is 13.2. The molecule has 0 spiro atoms. The van der Waals surface area contributed by atoms with Crippen molar-refractivity contribution >= 4 is 28.9 Å². The molecule has 0 atom stereocenters. The number of nitrogens with one attached hydrogen (secondary N) is 1. The first-order chi connectivity index (χ1) is 15.0. The van der Waals surface area contributed by atoms with Crippen molar-refractivity contribution in [2.24, 2.45) is 0 Å². The molecule has 2 heterocycles. The summed E-state index contributed by atoms with van der Waals surface area (Å²) in [4.78, 5) is 40.3. The summed E-state index contributed by atoms with van der Waals surface area (Å²) in [6.45, 7) is 3.37. The number of piperidine rings is 1. The maximum absolute atomic E-state index is 13.2. The summed E-state index contributed by atoms with van der Waals surface area (Å²) in [7, 11) is 0. The zero-order valence-electron chi connectivity index (χ0n) is 17.4. The second kappa shape index (κ2) is 9.16. The molecule has 1 N–H and O–H groups in total. The van der Waals surface area contributed by atoms with Crippen molar-refractivity contribution in [2.45, 2.75) is 32.1 Å². The van der Waals surface area contributed by atoms with Gasteiger partial charge in [0.1, 0.15) is 0 Å². The lowest BCUT2D eigenvalue weighted by molar-refractivity contribution is -0.384. The number of hydrogen-bond acceptors (Lipinski definition) is 5. The van der Waals surface area contributed by atoms with Gasteiger partial charge in [-0.25, -0.2) is 0 Å². The van der Waals surface area contributed by atoms with Gasteiger partial charge in [0, 0.05) is 55.2 Å². The highest BCUT2D eigenvalue weighted by Gasteiger charge is 2.25. The lowest BCUT2D eigenvalue weighted by atomic mass is 10.0. The van der Waals surface area contributed by atoms with Crippen molar-refractivity contribution in [3.8, 4) is 0 Å². The molecule has 2 saturated heterocycles. The van der Waals surface area contributed by atoms with E-state index in [-0.39, 0.29) is 17.5 Å². The van der Waals surface area contributed by atoms with E-state index in [2.05, 4.69) is 10.2 Å². The van der Waals surface area contributed by atoms with Gasteiger partial charge in [0.05, 0.1) is 10.5 Å². The molecule has 0 bridgehead atoms. The van der Waals surface area contributed by atoms with Crippen LogP contribution >= 0.6 is 0 Å². The van der Waals surface area contributed by atoms with Gasteiger partial charge in [0.25, 0.3) is 17.5 Å². The Kier molecular flexibility index (Phi) is 6.16. The molecule has 31 heavy (non-hydrogen) atoms. The van der Waals surface area contributed by atoms with Gasteiger partial charge >= 0.3 is 0 Å². The van der Waals surface area contributed by atoms with Gasteiger partial charge in [-0.05, 0) is 62.4 Å². The fraction of sp³-hybridized carbons (Fsp3) is 0.391. The van der Waals surface area contributed by atoms with Crippen LogP contribution in [0.25, 0.3) is 0 Å². The first-order valence-corrected chi connectivity index (χ1v) is 10.8. The zero-order valence-corrected chi connectivity index (χ0v) is 17.4. The van der Waals surface area contributed by atoms with Crippen LogP contribution in [0.4, 0.5) is 17.1 Å². The summed E-state index contributed by atoms with van der Waals surface area (Å²) in [6.07, 6.45) is 5.45. The number of carbonyl (C=O) groups is 2. The minimum Gasteiger partial charge on any atom is -0.371 e. The van der Waals surface area contributed by atoms with Crippen LogP contribution in [0.15, 0.2) is 42.5 Å². The molecule has 2 aromatic carbocycles. The molecule has 0 saturated carbocycles. The van der Waals surface area contributed by atoms with Crippen molar-refractivity contribution in [3.05, 3.63) is 63.7 Å². The van der Waals surface area contributed by atoms with E-state index in [4.69, 9.17) is 0 Å². The second-order valence-electron chi connectivity index (χ2n) is 8.04. The SMILES string of the molecule is O=C(Nc1ccc(N2CCCCC2)c(C(=O)N2CCCC2)c1)c1ccc([N+](=O)[O-])cc1. The van der Waals surface area contributed by atoms with E-state index in [0.717, 1.165) is 57.5 Å². The Hall–Kier alpha value is -3.42. The number of non-ortho nitro benzene ring substituents is 1. The average molecular weight is 422 g/mol. The normalized spacial score (nSPS) is 16.3. The summed E-state index contributed by atoms with van der Waals surface area (Å²) in [6, 6.07) is 10.9. The third-order valence-electron chi connectivity index (χ3n) is 5.92. The van der Waals surface area contributed by atoms with Gasteiger partial charge < -0.3 is 15.1 Å². The fourth-order valence-corrected chi connectivity index (χ4v) is 4.22. The van der Waals surface area contributed by atoms with Crippen LogP contribution in [0.2, 0.25) is 0 Å². The fourth-order valence-electron chi connectivity index (χ4n) is 4.22. The number of rotatable bonds is 5. The van der Waals surface area contributed by atoms with Gasteiger partial charge in [-0.15, -0.1) is 0 Å². The summed E-state index contributed by atoms with van der Waals surface area (Å²) < 4.78 is 0. The third kappa shape index (κ3) is 4.68. The minimum atomic E-state index is -0.503. The Labute approximate surface area is 181 Å². The Bertz CT molecular complexity index is 978. The number of hydrogen-bond donors (Lipinski definition) is 1. The maximum Gasteiger partial charge on any atom is 0.269 e. The number of nitro groups is 1. The van der Waals surface area contributed by atoms with E-state index >= 15 is 0 Å². The predicted molar refractivity (Wildman–Crippen MR) is 119 cm³/mol. The van der Waals surface area contributed by atoms with Crippen LogP contribution < -0.4 is 10.2 Å². The van der Waals surface area contributed by atoms with Crippen LogP contribution in [0.1, 0.15) is 52.8 Å². The van der Waals surface area contributed by atoms with E-state index in [1.165, 1.54) is 30.7 Å². The summed E-state index contributed by atoms with van der Waals surface area (Å²) >= 11 is 0. The standard InChI is InChI=1S/C23H26N4O4/c28-22(17-6-9-19(10-7-17)27(30)31)24-18-8-11-21(25-12-2-1-3-13-25)20(16-18)23(29)26-14-4-5-15-26/h6-11,16H,1-5,12-15H2,(H,24,28). The molecule has 0 aromatic heterocycles. The number of amides is 2. The number of nitro benzene ring substituents is 1. The summed E-state index contributed by atoms with van der Waals surface area (Å²) in [5, 5.41) is 13.6. The Morgan fingerprint density at radius 2 is 1.52 bits per heavy atom. The molecule has 162 valence electrons. The third-order valence-corrected chi connectivity index (χ3v) is 5.92. The van der Waals surface area contributed by atoms with E-state index < -0.39 is 4.92 Å². The number of carbonyl (C=O) groups excluding carboxylic acids is 2. The molecule has 2 fully saturated rings. The molecule has 0 unspecified atom stereocenters. The topological polar surface area (TPSA) is 95.8 Å². The van der Waals surface area contributed by atoms with Gasteiger partial charge in [0.2, 0.25) is 0 Å². The summed E-state index contributed by atoms with van der Waals surface area (Å²) in [5.74, 6) is -0.371. The Morgan fingerprint density at radius 1 is 0.871 bits per heavy atom. The highest BCUT2D eigenvalue weighted by molar-refractivity contribution is 6.06. The monoisotopic (exact) mass is 422 g/mol. The van der Waals surface area contributed by atoms with E-state index in [9.17, 15) is 19.7 Å². The number of likely N-dealkylation sites (tertiary alicyclic amines) is 1. The van der Waals surface area contributed by atoms with Crippen molar-refractivity contribution in [1.29, 1.82) is 0 Å². The van der Waals surface area contributed by atoms with Crippen LogP contribution in [0.3, 0.4) is 0 Å². The molecule has 2 aromatic rings. The van der Waals surface area contributed by atoms with E-state index in [1.54, 1.807) is 6.07 Å². The molecule has 2 amide bonds. The second-order valence-corrected chi connectivity index (χ2v) is 8.04.